The van der Waals surface area contributed by atoms with Crippen molar-refractivity contribution >= 4 is 29.4 Å². The zero-order valence-corrected chi connectivity index (χ0v) is 32.1. The standard InChI is InChI=1S/C39H55F3N4O11/c1-3-4-5-6-7-8-9-10-17-30(49)46-31-28(20-47)54-22-27(45-37(52)43-26-16-12-14-24(19-26)39(40,41)42)34(31)56-36-35(33(51)32(50)29(21-48)55-36)57-38(53)44-25-15-11-13-23(2)18-25/h11-16,18-19,27-29,31-36,47-48,50-51H,3-10,17,20-22H2,1-2H3,(H,44,53)(H,46,49)(H2,43,45,52)/t27?,28?,29?,31-,32-,33-,34+,35?,36+/m0/s1. The SMILES string of the molecule is CCCCCCCCCCC(=O)N[C@H]1C(CO)OCC(NC(=O)Nc2cccc(C(F)(F)F)c2)[C@H]1O[C@H]1OC(CO)[C@H](O)[C@H](O)C1OC(=O)Nc1cccc(C)c1. The monoisotopic (exact) mass is 812 g/mol. The molecule has 4 unspecified atom stereocenters. The van der Waals surface area contributed by atoms with E-state index in [1.807, 2.05) is 0 Å². The van der Waals surface area contributed by atoms with Gasteiger partial charge in [0.15, 0.2) is 12.4 Å². The summed E-state index contributed by atoms with van der Waals surface area (Å²) in [5.41, 5.74) is -0.0198. The average molecular weight is 813 g/mol. The third-order valence-electron chi connectivity index (χ3n) is 9.79. The lowest BCUT2D eigenvalue weighted by molar-refractivity contribution is -0.319. The summed E-state index contributed by atoms with van der Waals surface area (Å²) < 4.78 is 63.6. The molecule has 18 heteroatoms. The van der Waals surface area contributed by atoms with Crippen molar-refractivity contribution in [1.29, 1.82) is 0 Å². The fraction of sp³-hybridized carbons (Fsp3) is 0.615. The Morgan fingerprint density at radius 3 is 2.12 bits per heavy atom. The lowest BCUT2D eigenvalue weighted by atomic mass is 9.94. The number of amides is 4. The van der Waals surface area contributed by atoms with Gasteiger partial charge in [-0.2, -0.15) is 13.2 Å². The van der Waals surface area contributed by atoms with Gasteiger partial charge < -0.3 is 55.3 Å². The molecule has 2 saturated heterocycles. The number of aryl methyl sites for hydroxylation is 1. The summed E-state index contributed by atoms with van der Waals surface area (Å²) in [7, 11) is 0. The predicted octanol–water partition coefficient (Wildman–Crippen LogP) is 4.35. The van der Waals surface area contributed by atoms with E-state index in [4.69, 9.17) is 18.9 Å². The Kier molecular flexibility index (Phi) is 17.8. The van der Waals surface area contributed by atoms with Gasteiger partial charge in [-0.1, -0.05) is 70.1 Å². The molecule has 4 rings (SSSR count). The van der Waals surface area contributed by atoms with Crippen molar-refractivity contribution < 1.29 is 66.9 Å². The number of unbranched alkanes of at least 4 members (excludes halogenated alkanes) is 7. The molecule has 318 valence electrons. The minimum Gasteiger partial charge on any atom is -0.438 e. The molecule has 0 radical (unpaired) electrons. The van der Waals surface area contributed by atoms with Crippen molar-refractivity contribution in [3.05, 3.63) is 59.7 Å². The van der Waals surface area contributed by atoms with Crippen LogP contribution < -0.4 is 21.3 Å². The molecule has 8 N–H and O–H groups in total. The summed E-state index contributed by atoms with van der Waals surface area (Å²) in [5.74, 6) is -0.436. The number of hydrogen-bond acceptors (Lipinski definition) is 11. The number of carbonyl (C=O) groups excluding carboxylic acids is 3. The van der Waals surface area contributed by atoms with Gasteiger partial charge in [-0.25, -0.2) is 9.59 Å². The molecular weight excluding hydrogens is 757 g/mol. The first-order valence-corrected chi connectivity index (χ1v) is 19.3. The summed E-state index contributed by atoms with van der Waals surface area (Å²) in [5, 5.41) is 52.4. The van der Waals surface area contributed by atoms with E-state index in [1.165, 1.54) is 12.5 Å². The van der Waals surface area contributed by atoms with Crippen molar-refractivity contribution in [1.82, 2.24) is 10.6 Å². The molecule has 57 heavy (non-hydrogen) atoms. The van der Waals surface area contributed by atoms with Crippen molar-refractivity contribution in [3.63, 3.8) is 0 Å². The zero-order chi connectivity index (χ0) is 41.5. The smallest absolute Gasteiger partial charge is 0.416 e. The quantitative estimate of drug-likeness (QED) is 0.0991. The Morgan fingerprint density at radius 2 is 1.47 bits per heavy atom. The molecule has 15 nitrogen and oxygen atoms in total. The maximum Gasteiger partial charge on any atom is 0.416 e. The number of rotatable bonds is 18. The Bertz CT molecular complexity index is 1590. The largest absolute Gasteiger partial charge is 0.438 e. The first-order valence-electron chi connectivity index (χ1n) is 19.3. The van der Waals surface area contributed by atoms with Crippen molar-refractivity contribution in [3.8, 4) is 0 Å². The third kappa shape index (κ3) is 13.8. The van der Waals surface area contributed by atoms with E-state index in [2.05, 4.69) is 28.2 Å². The topological polar surface area (TPSA) is 217 Å². The average Bonchev–Trinajstić information content (AvgIpc) is 3.16. The Labute approximate surface area is 329 Å². The van der Waals surface area contributed by atoms with Gasteiger partial charge in [-0.15, -0.1) is 0 Å². The van der Waals surface area contributed by atoms with Crippen LogP contribution in [0.1, 0.15) is 75.8 Å². The maximum atomic E-state index is 13.4. The van der Waals surface area contributed by atoms with E-state index in [0.29, 0.717) is 12.1 Å². The molecule has 2 fully saturated rings. The summed E-state index contributed by atoms with van der Waals surface area (Å²) in [6, 6.07) is 7.25. The van der Waals surface area contributed by atoms with Crippen LogP contribution in [0, 0.1) is 6.92 Å². The van der Waals surface area contributed by atoms with Gasteiger partial charge >= 0.3 is 18.3 Å². The van der Waals surface area contributed by atoms with Crippen molar-refractivity contribution in [2.45, 2.75) is 133 Å². The van der Waals surface area contributed by atoms with E-state index in [-0.39, 0.29) is 18.7 Å². The molecular formula is C39H55F3N4O11. The molecule has 2 aliphatic rings. The summed E-state index contributed by atoms with van der Waals surface area (Å²) in [4.78, 5) is 39.7. The number of halogens is 3. The molecule has 2 aliphatic heterocycles. The van der Waals surface area contributed by atoms with Gasteiger partial charge in [0.2, 0.25) is 5.91 Å². The van der Waals surface area contributed by atoms with Crippen LogP contribution in [0.2, 0.25) is 0 Å². The summed E-state index contributed by atoms with van der Waals surface area (Å²) in [6.07, 6.45) is -8.80. The molecule has 9 atom stereocenters. The van der Waals surface area contributed by atoms with Crippen molar-refractivity contribution in [2.24, 2.45) is 0 Å². The maximum absolute atomic E-state index is 13.4. The Balaban J connectivity index is 1.58. The zero-order valence-electron chi connectivity index (χ0n) is 32.1. The van der Waals surface area contributed by atoms with Gasteiger partial charge in [0, 0.05) is 17.8 Å². The molecule has 0 spiro atoms. The van der Waals surface area contributed by atoms with E-state index < -0.39 is 98.0 Å². The number of aliphatic hydroxyl groups is 4. The highest BCUT2D eigenvalue weighted by Crippen LogP contribution is 2.32. The fourth-order valence-electron chi connectivity index (χ4n) is 6.76. The van der Waals surface area contributed by atoms with Crippen molar-refractivity contribution in [2.75, 3.05) is 30.5 Å². The summed E-state index contributed by atoms with van der Waals surface area (Å²) >= 11 is 0. The minimum absolute atomic E-state index is 0.104. The second kappa shape index (κ2) is 22.2. The predicted molar refractivity (Wildman–Crippen MR) is 201 cm³/mol. The second-order valence-corrected chi connectivity index (χ2v) is 14.3. The Morgan fingerprint density at radius 1 is 0.825 bits per heavy atom. The van der Waals surface area contributed by atoms with Crippen LogP contribution in [0.4, 0.5) is 34.1 Å². The van der Waals surface area contributed by atoms with E-state index in [1.54, 1.807) is 31.2 Å². The van der Waals surface area contributed by atoms with Crippen LogP contribution in [-0.2, 0) is 29.9 Å². The highest BCUT2D eigenvalue weighted by atomic mass is 19.4. The van der Waals surface area contributed by atoms with Crippen LogP contribution in [0.3, 0.4) is 0 Å². The van der Waals surface area contributed by atoms with Gasteiger partial charge in [-0.05, 0) is 49.2 Å². The van der Waals surface area contributed by atoms with Gasteiger partial charge in [0.25, 0.3) is 0 Å². The number of benzene rings is 2. The number of nitrogens with one attached hydrogen (secondary N) is 4. The molecule has 4 amide bonds. The van der Waals surface area contributed by atoms with Crippen LogP contribution in [-0.4, -0.2) is 113 Å². The molecule has 0 aromatic heterocycles. The highest BCUT2D eigenvalue weighted by Gasteiger charge is 2.51. The van der Waals surface area contributed by atoms with Crippen LogP contribution in [0.15, 0.2) is 48.5 Å². The van der Waals surface area contributed by atoms with Gasteiger partial charge in [0.1, 0.15) is 30.5 Å². The minimum atomic E-state index is -4.68. The number of hydrogen-bond donors (Lipinski definition) is 8. The number of alkyl halides is 3. The lowest BCUT2D eigenvalue weighted by Gasteiger charge is -2.47. The first kappa shape index (κ1) is 45.7. The van der Waals surface area contributed by atoms with Crippen LogP contribution in [0.25, 0.3) is 0 Å². The number of anilines is 2. The van der Waals surface area contributed by atoms with Crippen LogP contribution >= 0.6 is 0 Å². The lowest BCUT2D eigenvalue weighted by Crippen LogP contribution is -2.69. The third-order valence-corrected chi connectivity index (χ3v) is 9.79. The van der Waals surface area contributed by atoms with Gasteiger partial charge in [-0.3, -0.25) is 10.1 Å². The molecule has 2 aromatic rings. The number of aliphatic hydroxyl groups excluding tert-OH is 4. The van der Waals surface area contributed by atoms with E-state index >= 15 is 0 Å². The first-order chi connectivity index (χ1) is 27.2. The molecule has 2 heterocycles. The number of ether oxygens (including phenoxy) is 4. The second-order valence-electron chi connectivity index (χ2n) is 14.3. The molecule has 0 bridgehead atoms. The highest BCUT2D eigenvalue weighted by molar-refractivity contribution is 5.89. The van der Waals surface area contributed by atoms with Gasteiger partial charge in [0.05, 0.1) is 37.5 Å². The normalized spacial score (nSPS) is 26.3. The fourth-order valence-corrected chi connectivity index (χ4v) is 6.76. The van der Waals surface area contributed by atoms with E-state index in [0.717, 1.165) is 62.3 Å². The molecule has 0 saturated carbocycles. The summed E-state index contributed by atoms with van der Waals surface area (Å²) in [6.45, 7) is 2.16. The van der Waals surface area contributed by atoms with Crippen LogP contribution in [0.5, 0.6) is 0 Å². The molecule has 2 aromatic carbocycles. The number of urea groups is 1. The number of carbonyl (C=O) groups is 3. The Hall–Kier alpha value is -4.04. The van der Waals surface area contributed by atoms with E-state index in [9.17, 15) is 48.0 Å². The molecule has 0 aliphatic carbocycles.